The number of carbonyl (C=O) groups is 1. The number of ether oxygens (including phenoxy) is 1. The molecule has 1 aliphatic carbocycles. The minimum absolute atomic E-state index is 0.318. The molecule has 0 bridgehead atoms. The molecular weight excluding hydrogens is 202 g/mol. The van der Waals surface area contributed by atoms with Gasteiger partial charge in [0.25, 0.3) is 0 Å². The second kappa shape index (κ2) is 3.58. The predicted octanol–water partition coefficient (Wildman–Crippen LogP) is 2.15. The number of aromatic nitrogens is 1. The van der Waals surface area contributed by atoms with Crippen molar-refractivity contribution < 1.29 is 9.53 Å². The lowest BCUT2D eigenvalue weighted by Crippen LogP contribution is -2.04. The lowest BCUT2D eigenvalue weighted by Gasteiger charge is -2.07. The summed E-state index contributed by atoms with van der Waals surface area (Å²) in [7, 11) is 0. The second-order valence-corrected chi connectivity index (χ2v) is 3.70. The summed E-state index contributed by atoms with van der Waals surface area (Å²) in [5, 5.41) is 0.391. The van der Waals surface area contributed by atoms with Gasteiger partial charge in [0.2, 0.25) is 0 Å². The van der Waals surface area contributed by atoms with Crippen LogP contribution in [0, 0.1) is 0 Å². The van der Waals surface area contributed by atoms with Crippen molar-refractivity contribution in [3.8, 4) is 5.75 Å². The fraction of sp³-hybridized carbons (Fsp3) is 0.400. The van der Waals surface area contributed by atoms with Gasteiger partial charge in [-0.05, 0) is 19.3 Å². The standard InChI is InChI=1S/C10H10ClNO2/c1-6(13)14-9-5-10(11)12-8-4-2-3-7(8)9/h5H,2-4H2,1H3. The zero-order chi connectivity index (χ0) is 10.1. The Morgan fingerprint density at radius 3 is 3.07 bits per heavy atom. The molecule has 0 saturated heterocycles. The first-order valence-corrected chi connectivity index (χ1v) is 4.91. The molecule has 1 aromatic heterocycles. The van der Waals surface area contributed by atoms with E-state index in [1.165, 1.54) is 6.92 Å². The normalized spacial score (nSPS) is 13.9. The van der Waals surface area contributed by atoms with E-state index in [-0.39, 0.29) is 5.97 Å². The van der Waals surface area contributed by atoms with Crippen molar-refractivity contribution in [3.05, 3.63) is 22.5 Å². The van der Waals surface area contributed by atoms with Crippen molar-refractivity contribution in [1.29, 1.82) is 0 Å². The first kappa shape index (κ1) is 9.46. The number of pyridine rings is 1. The third kappa shape index (κ3) is 1.73. The highest BCUT2D eigenvalue weighted by Gasteiger charge is 2.19. The Balaban J connectivity index is 2.43. The van der Waals surface area contributed by atoms with E-state index in [4.69, 9.17) is 16.3 Å². The summed E-state index contributed by atoms with van der Waals surface area (Å²) in [6.45, 7) is 1.38. The highest BCUT2D eigenvalue weighted by atomic mass is 35.5. The number of rotatable bonds is 1. The van der Waals surface area contributed by atoms with Gasteiger partial charge >= 0.3 is 5.97 Å². The summed E-state index contributed by atoms with van der Waals surface area (Å²) in [4.78, 5) is 15.0. The van der Waals surface area contributed by atoms with E-state index in [0.717, 1.165) is 30.5 Å². The number of hydrogen-bond donors (Lipinski definition) is 0. The van der Waals surface area contributed by atoms with Crippen molar-refractivity contribution in [2.45, 2.75) is 26.2 Å². The van der Waals surface area contributed by atoms with Crippen LogP contribution in [0.3, 0.4) is 0 Å². The van der Waals surface area contributed by atoms with Gasteiger partial charge in [0.15, 0.2) is 0 Å². The van der Waals surface area contributed by atoms with Crippen LogP contribution in [0.5, 0.6) is 5.75 Å². The molecule has 1 aromatic rings. The number of aryl methyl sites for hydroxylation is 1. The van der Waals surface area contributed by atoms with Gasteiger partial charge in [-0.2, -0.15) is 0 Å². The van der Waals surface area contributed by atoms with Gasteiger partial charge in [0.05, 0.1) is 0 Å². The topological polar surface area (TPSA) is 39.2 Å². The molecule has 0 saturated carbocycles. The number of nitrogens with zero attached hydrogens (tertiary/aromatic N) is 1. The van der Waals surface area contributed by atoms with E-state index in [1.807, 2.05) is 0 Å². The van der Waals surface area contributed by atoms with Crippen LogP contribution in [0.2, 0.25) is 5.15 Å². The third-order valence-corrected chi connectivity index (χ3v) is 2.43. The molecule has 0 aromatic carbocycles. The van der Waals surface area contributed by atoms with Crippen molar-refractivity contribution in [3.63, 3.8) is 0 Å². The maximum atomic E-state index is 10.8. The molecule has 0 spiro atoms. The van der Waals surface area contributed by atoms with Crippen LogP contribution in [0.25, 0.3) is 0 Å². The van der Waals surface area contributed by atoms with Crippen molar-refractivity contribution in [2.24, 2.45) is 0 Å². The van der Waals surface area contributed by atoms with Gasteiger partial charge < -0.3 is 4.74 Å². The number of fused-ring (bicyclic) bond motifs is 1. The fourth-order valence-electron chi connectivity index (χ4n) is 1.72. The highest BCUT2D eigenvalue weighted by molar-refractivity contribution is 6.29. The molecule has 0 amide bonds. The average Bonchev–Trinajstić information content (AvgIpc) is 2.50. The second-order valence-electron chi connectivity index (χ2n) is 3.32. The maximum absolute atomic E-state index is 10.8. The van der Waals surface area contributed by atoms with Crippen LogP contribution >= 0.6 is 11.6 Å². The zero-order valence-electron chi connectivity index (χ0n) is 7.84. The van der Waals surface area contributed by atoms with E-state index < -0.39 is 0 Å². The fourth-order valence-corrected chi connectivity index (χ4v) is 1.92. The van der Waals surface area contributed by atoms with Crippen LogP contribution in [-0.4, -0.2) is 11.0 Å². The monoisotopic (exact) mass is 211 g/mol. The lowest BCUT2D eigenvalue weighted by atomic mass is 10.2. The SMILES string of the molecule is CC(=O)Oc1cc(Cl)nc2c1CCC2. The molecule has 2 rings (SSSR count). The predicted molar refractivity (Wildman–Crippen MR) is 52.6 cm³/mol. The van der Waals surface area contributed by atoms with Gasteiger partial charge in [-0.15, -0.1) is 0 Å². The van der Waals surface area contributed by atoms with Gasteiger partial charge in [0.1, 0.15) is 10.9 Å². The van der Waals surface area contributed by atoms with Crippen LogP contribution < -0.4 is 4.74 Å². The van der Waals surface area contributed by atoms with E-state index >= 15 is 0 Å². The molecule has 0 unspecified atom stereocenters. The number of carbonyl (C=O) groups excluding carboxylic acids is 1. The zero-order valence-corrected chi connectivity index (χ0v) is 8.60. The molecule has 0 radical (unpaired) electrons. The largest absolute Gasteiger partial charge is 0.426 e. The number of hydrogen-bond acceptors (Lipinski definition) is 3. The van der Waals surface area contributed by atoms with Gasteiger partial charge in [-0.3, -0.25) is 4.79 Å². The first-order valence-electron chi connectivity index (χ1n) is 4.53. The molecule has 14 heavy (non-hydrogen) atoms. The molecule has 1 aliphatic rings. The Hall–Kier alpha value is -1.09. The van der Waals surface area contributed by atoms with E-state index in [9.17, 15) is 4.79 Å². The summed E-state index contributed by atoms with van der Waals surface area (Å²) >= 11 is 5.81. The molecule has 0 N–H and O–H groups in total. The molecule has 3 nitrogen and oxygen atoms in total. The van der Waals surface area contributed by atoms with Crippen molar-refractivity contribution in [1.82, 2.24) is 4.98 Å². The lowest BCUT2D eigenvalue weighted by molar-refractivity contribution is -0.131. The van der Waals surface area contributed by atoms with Crippen LogP contribution in [0.1, 0.15) is 24.6 Å². The van der Waals surface area contributed by atoms with Gasteiger partial charge in [0, 0.05) is 24.2 Å². The molecule has 4 heteroatoms. The highest BCUT2D eigenvalue weighted by Crippen LogP contribution is 2.31. The maximum Gasteiger partial charge on any atom is 0.308 e. The van der Waals surface area contributed by atoms with Crippen LogP contribution in [0.4, 0.5) is 0 Å². The smallest absolute Gasteiger partial charge is 0.308 e. The molecule has 0 fully saturated rings. The van der Waals surface area contributed by atoms with Crippen molar-refractivity contribution >= 4 is 17.6 Å². The summed E-state index contributed by atoms with van der Waals surface area (Å²) < 4.78 is 5.07. The molecule has 74 valence electrons. The minimum atomic E-state index is -0.318. The molecule has 0 aliphatic heterocycles. The number of esters is 1. The Morgan fingerprint density at radius 2 is 2.36 bits per heavy atom. The Bertz CT molecular complexity index is 390. The first-order chi connectivity index (χ1) is 6.66. The molecular formula is C10H10ClNO2. The van der Waals surface area contributed by atoms with Gasteiger partial charge in [-0.1, -0.05) is 11.6 Å². The van der Waals surface area contributed by atoms with Crippen molar-refractivity contribution in [2.75, 3.05) is 0 Å². The summed E-state index contributed by atoms with van der Waals surface area (Å²) in [5.74, 6) is 0.256. The summed E-state index contributed by atoms with van der Waals surface area (Å²) in [5.41, 5.74) is 2.00. The molecule has 1 heterocycles. The van der Waals surface area contributed by atoms with E-state index in [2.05, 4.69) is 4.98 Å². The summed E-state index contributed by atoms with van der Waals surface area (Å²) in [6, 6.07) is 1.60. The van der Waals surface area contributed by atoms with Gasteiger partial charge in [-0.25, -0.2) is 4.98 Å². The minimum Gasteiger partial charge on any atom is -0.426 e. The van der Waals surface area contributed by atoms with E-state index in [0.29, 0.717) is 10.9 Å². The summed E-state index contributed by atoms with van der Waals surface area (Å²) in [6.07, 6.45) is 2.89. The Labute approximate surface area is 87.0 Å². The van der Waals surface area contributed by atoms with Crippen LogP contribution in [-0.2, 0) is 17.6 Å². The third-order valence-electron chi connectivity index (χ3n) is 2.23. The quantitative estimate of drug-likeness (QED) is 0.528. The average molecular weight is 212 g/mol. The molecule has 0 atom stereocenters. The van der Waals surface area contributed by atoms with Crippen LogP contribution in [0.15, 0.2) is 6.07 Å². The number of halogens is 1. The Kier molecular flexibility index (Phi) is 2.42. The van der Waals surface area contributed by atoms with E-state index in [1.54, 1.807) is 6.07 Å². The Morgan fingerprint density at radius 1 is 1.57 bits per heavy atom.